The first kappa shape index (κ1) is 13.2. The molecule has 7 heteroatoms. The molecule has 0 spiro atoms. The minimum atomic E-state index is -0.0593. The Bertz CT molecular complexity index is 997. The molecule has 6 nitrogen and oxygen atoms in total. The van der Waals surface area contributed by atoms with Crippen LogP contribution < -0.4 is 10.9 Å². The summed E-state index contributed by atoms with van der Waals surface area (Å²) in [6.45, 7) is 2.93. The van der Waals surface area contributed by atoms with Crippen LogP contribution in [0.4, 0.5) is 0 Å². The molecule has 0 radical (unpaired) electrons. The maximum Gasteiger partial charge on any atom is 0.268 e. The van der Waals surface area contributed by atoms with Crippen molar-refractivity contribution in [2.75, 3.05) is 6.54 Å². The second kappa shape index (κ2) is 4.62. The van der Waals surface area contributed by atoms with Gasteiger partial charge in [-0.3, -0.25) is 9.89 Å². The number of aromatic amines is 2. The Morgan fingerprint density at radius 1 is 1.35 bits per heavy atom. The van der Waals surface area contributed by atoms with Gasteiger partial charge in [-0.1, -0.05) is 12.2 Å². The number of H-pyrrole nitrogens is 2. The minimum absolute atomic E-state index is 0.0593. The molecule has 0 aromatic carbocycles. The van der Waals surface area contributed by atoms with Gasteiger partial charge in [0.2, 0.25) is 0 Å². The molecular weight excluding hydrogens is 310 g/mol. The van der Waals surface area contributed by atoms with E-state index >= 15 is 0 Å². The first-order valence-electron chi connectivity index (χ1n) is 7.66. The van der Waals surface area contributed by atoms with Gasteiger partial charge < -0.3 is 10.3 Å². The summed E-state index contributed by atoms with van der Waals surface area (Å²) in [5, 5.41) is 10.5. The van der Waals surface area contributed by atoms with Crippen LogP contribution in [0.5, 0.6) is 0 Å². The Labute approximate surface area is 135 Å². The fraction of sp³-hybridized carbons (Fsp3) is 0.312. The van der Waals surface area contributed by atoms with Crippen molar-refractivity contribution in [3.8, 4) is 10.4 Å². The van der Waals surface area contributed by atoms with E-state index in [2.05, 4.69) is 32.7 Å². The number of thiophene rings is 1. The first-order chi connectivity index (χ1) is 11.2. The van der Waals surface area contributed by atoms with Gasteiger partial charge in [0, 0.05) is 28.6 Å². The van der Waals surface area contributed by atoms with Crippen molar-refractivity contribution in [1.29, 1.82) is 0 Å². The smallest absolute Gasteiger partial charge is 0.268 e. The highest BCUT2D eigenvalue weighted by Crippen LogP contribution is 2.40. The van der Waals surface area contributed by atoms with Crippen molar-refractivity contribution in [2.24, 2.45) is 11.8 Å². The molecule has 0 bridgehead atoms. The van der Waals surface area contributed by atoms with Gasteiger partial charge in [-0.05, 0) is 18.9 Å². The Hall–Kier alpha value is -2.25. The van der Waals surface area contributed by atoms with E-state index in [9.17, 15) is 4.79 Å². The number of nitrogens with zero attached hydrogens (tertiary/aromatic N) is 2. The molecule has 0 unspecified atom stereocenters. The molecule has 1 saturated heterocycles. The summed E-state index contributed by atoms with van der Waals surface area (Å²) >= 11 is 1.46. The number of aryl methyl sites for hydroxylation is 1. The fourth-order valence-electron chi connectivity index (χ4n) is 3.47. The lowest BCUT2D eigenvalue weighted by Crippen LogP contribution is -2.24. The van der Waals surface area contributed by atoms with Gasteiger partial charge in [-0.2, -0.15) is 5.10 Å². The fourth-order valence-corrected chi connectivity index (χ4v) is 4.53. The monoisotopic (exact) mass is 325 g/mol. The average Bonchev–Trinajstić information content (AvgIpc) is 3.16. The lowest BCUT2D eigenvalue weighted by molar-refractivity contribution is 0.448. The zero-order valence-corrected chi connectivity index (χ0v) is 13.3. The molecule has 4 heterocycles. The number of hydrogen-bond acceptors (Lipinski definition) is 5. The second-order valence-corrected chi connectivity index (χ2v) is 7.25. The first-order valence-corrected chi connectivity index (χ1v) is 8.48. The van der Waals surface area contributed by atoms with Crippen molar-refractivity contribution in [3.63, 3.8) is 0 Å². The van der Waals surface area contributed by atoms with Crippen molar-refractivity contribution in [2.45, 2.75) is 13.0 Å². The number of nitrogens with one attached hydrogen (secondary N) is 3. The summed E-state index contributed by atoms with van der Waals surface area (Å²) in [6, 6.07) is 2.10. The third kappa shape index (κ3) is 1.87. The van der Waals surface area contributed by atoms with E-state index in [-0.39, 0.29) is 11.6 Å². The van der Waals surface area contributed by atoms with E-state index in [1.165, 1.54) is 11.3 Å². The highest BCUT2D eigenvalue weighted by molar-refractivity contribution is 7.22. The molecule has 2 aliphatic rings. The van der Waals surface area contributed by atoms with E-state index < -0.39 is 0 Å². The maximum absolute atomic E-state index is 12.5. The Morgan fingerprint density at radius 3 is 2.96 bits per heavy atom. The van der Waals surface area contributed by atoms with Crippen LogP contribution in [0, 0.1) is 18.8 Å². The van der Waals surface area contributed by atoms with Crippen LogP contribution in [0.1, 0.15) is 17.6 Å². The summed E-state index contributed by atoms with van der Waals surface area (Å²) in [6.07, 6.45) is 6.21. The van der Waals surface area contributed by atoms with Gasteiger partial charge in [0.1, 0.15) is 10.5 Å². The molecule has 116 valence electrons. The summed E-state index contributed by atoms with van der Waals surface area (Å²) in [5.41, 5.74) is 2.72. The normalized spacial score (nSPS) is 25.7. The van der Waals surface area contributed by atoms with Gasteiger partial charge in [0.05, 0.1) is 17.8 Å². The standard InChI is InChI=1S/C16H15N5OS/c1-7-10(6-18-21-7)12-4-11-14(23-12)16(22)20-15(19-11)13-9-3-2-8(9)5-17-13/h2-4,6,8-9,13,17H,5H2,1H3,(H,18,21)(H,19,20,22)/t8-,9-,13+/m1/s1. The number of fused-ring (bicyclic) bond motifs is 2. The lowest BCUT2D eigenvalue weighted by atomic mass is 9.81. The molecule has 3 N–H and O–H groups in total. The molecular formula is C16H15N5OS. The van der Waals surface area contributed by atoms with Gasteiger partial charge in [-0.15, -0.1) is 11.3 Å². The van der Waals surface area contributed by atoms with Crippen molar-refractivity contribution < 1.29 is 0 Å². The predicted octanol–water partition coefficient (Wildman–Crippen LogP) is 2.13. The Balaban J connectivity index is 1.63. The zero-order chi connectivity index (χ0) is 15.6. The zero-order valence-electron chi connectivity index (χ0n) is 12.5. The molecule has 23 heavy (non-hydrogen) atoms. The van der Waals surface area contributed by atoms with Gasteiger partial charge in [-0.25, -0.2) is 4.98 Å². The molecule has 3 aromatic rings. The SMILES string of the molecule is Cc1[nH]ncc1-c1cc2nc([C@H]3NC[C@H]4C=C[C@H]43)[nH]c(=O)c2s1. The van der Waals surface area contributed by atoms with Crippen LogP contribution in [0.15, 0.2) is 29.2 Å². The maximum atomic E-state index is 12.5. The summed E-state index contributed by atoms with van der Waals surface area (Å²) < 4.78 is 0.669. The van der Waals surface area contributed by atoms with Crippen molar-refractivity contribution in [3.05, 3.63) is 46.3 Å². The largest absolute Gasteiger partial charge is 0.308 e. The van der Waals surface area contributed by atoms with Crippen LogP contribution in [0.3, 0.4) is 0 Å². The second-order valence-electron chi connectivity index (χ2n) is 6.20. The molecule has 1 aliphatic heterocycles. The molecule has 1 aliphatic carbocycles. The predicted molar refractivity (Wildman–Crippen MR) is 89.4 cm³/mol. The van der Waals surface area contributed by atoms with Crippen molar-refractivity contribution in [1.82, 2.24) is 25.5 Å². The third-order valence-corrected chi connectivity index (χ3v) is 5.98. The van der Waals surface area contributed by atoms with Crippen LogP contribution >= 0.6 is 11.3 Å². The topological polar surface area (TPSA) is 86.5 Å². The van der Waals surface area contributed by atoms with E-state index in [0.29, 0.717) is 16.5 Å². The van der Waals surface area contributed by atoms with E-state index in [1.54, 1.807) is 6.20 Å². The van der Waals surface area contributed by atoms with E-state index in [1.807, 2.05) is 13.0 Å². The molecule has 3 aromatic heterocycles. The third-order valence-electron chi connectivity index (χ3n) is 4.82. The highest BCUT2D eigenvalue weighted by atomic mass is 32.1. The average molecular weight is 325 g/mol. The lowest BCUT2D eigenvalue weighted by Gasteiger charge is -2.24. The number of aromatic nitrogens is 4. The van der Waals surface area contributed by atoms with Crippen LogP contribution in [0.2, 0.25) is 0 Å². The minimum Gasteiger partial charge on any atom is -0.308 e. The van der Waals surface area contributed by atoms with E-state index in [0.717, 1.165) is 34.0 Å². The Morgan fingerprint density at radius 2 is 2.26 bits per heavy atom. The molecule has 0 amide bonds. The van der Waals surface area contributed by atoms with Gasteiger partial charge in [0.25, 0.3) is 5.56 Å². The van der Waals surface area contributed by atoms with Crippen LogP contribution in [-0.4, -0.2) is 26.7 Å². The summed E-state index contributed by atoms with van der Waals surface area (Å²) in [7, 11) is 0. The van der Waals surface area contributed by atoms with Crippen LogP contribution in [0.25, 0.3) is 20.7 Å². The van der Waals surface area contributed by atoms with Crippen molar-refractivity contribution >= 4 is 21.6 Å². The Kier molecular flexibility index (Phi) is 2.66. The van der Waals surface area contributed by atoms with Gasteiger partial charge in [0.15, 0.2) is 0 Å². The molecule has 3 atom stereocenters. The van der Waals surface area contributed by atoms with Crippen LogP contribution in [-0.2, 0) is 0 Å². The molecule has 0 saturated carbocycles. The molecule has 5 rings (SSSR count). The number of rotatable bonds is 2. The summed E-state index contributed by atoms with van der Waals surface area (Å²) in [5.74, 6) is 1.77. The van der Waals surface area contributed by atoms with Gasteiger partial charge >= 0.3 is 0 Å². The molecule has 1 fully saturated rings. The quantitative estimate of drug-likeness (QED) is 0.630. The highest BCUT2D eigenvalue weighted by Gasteiger charge is 2.39. The van der Waals surface area contributed by atoms with E-state index in [4.69, 9.17) is 4.98 Å². The number of hydrogen-bond donors (Lipinski definition) is 3. The summed E-state index contributed by atoms with van der Waals surface area (Å²) in [4.78, 5) is 21.2.